The summed E-state index contributed by atoms with van der Waals surface area (Å²) < 4.78 is 6.53. The molecular formula is C19H18Cl2N4O2S. The lowest BCUT2D eigenvalue weighted by molar-refractivity contribution is -0.120. The van der Waals surface area contributed by atoms with Crippen LogP contribution >= 0.6 is 34.5 Å². The van der Waals surface area contributed by atoms with Gasteiger partial charge in [-0.2, -0.15) is 5.10 Å². The Hall–Kier alpha value is -2.35. The molecule has 0 aliphatic heterocycles. The molecule has 0 spiro atoms. The molecule has 0 bridgehead atoms. The summed E-state index contributed by atoms with van der Waals surface area (Å²) in [6.45, 7) is 3.78. The average molecular weight is 437 g/mol. The van der Waals surface area contributed by atoms with Gasteiger partial charge in [0, 0.05) is 0 Å². The maximum Gasteiger partial charge on any atom is 0.244 e. The van der Waals surface area contributed by atoms with Crippen molar-refractivity contribution in [2.75, 3.05) is 5.73 Å². The SMILES string of the molecule is CC(C)Oc1c(Cl)cc(/C=N\NC(=O)Cc2ccc3nc(N)sc3c2)cc1Cl. The van der Waals surface area contributed by atoms with Crippen molar-refractivity contribution in [3.05, 3.63) is 51.5 Å². The first-order valence-electron chi connectivity index (χ1n) is 8.44. The minimum atomic E-state index is -0.245. The Morgan fingerprint density at radius 2 is 2.04 bits per heavy atom. The highest BCUT2D eigenvalue weighted by Gasteiger charge is 2.11. The van der Waals surface area contributed by atoms with E-state index in [-0.39, 0.29) is 18.4 Å². The highest BCUT2D eigenvalue weighted by molar-refractivity contribution is 7.22. The number of carbonyl (C=O) groups excluding carboxylic acids is 1. The predicted octanol–water partition coefficient (Wildman–Crippen LogP) is 4.67. The van der Waals surface area contributed by atoms with Crippen molar-refractivity contribution < 1.29 is 9.53 Å². The highest BCUT2D eigenvalue weighted by atomic mass is 35.5. The maximum absolute atomic E-state index is 12.1. The van der Waals surface area contributed by atoms with Gasteiger partial charge in [-0.3, -0.25) is 4.79 Å². The monoisotopic (exact) mass is 436 g/mol. The van der Waals surface area contributed by atoms with E-state index >= 15 is 0 Å². The molecule has 0 saturated heterocycles. The van der Waals surface area contributed by atoms with Gasteiger partial charge >= 0.3 is 0 Å². The number of nitrogens with zero attached hydrogens (tertiary/aromatic N) is 2. The molecule has 3 rings (SSSR count). The molecule has 6 nitrogen and oxygen atoms in total. The molecule has 0 radical (unpaired) electrons. The second kappa shape index (κ2) is 8.77. The number of aromatic nitrogens is 1. The highest BCUT2D eigenvalue weighted by Crippen LogP contribution is 2.34. The molecule has 9 heteroatoms. The lowest BCUT2D eigenvalue weighted by atomic mass is 10.1. The maximum atomic E-state index is 12.1. The van der Waals surface area contributed by atoms with Gasteiger partial charge in [-0.1, -0.05) is 40.6 Å². The summed E-state index contributed by atoms with van der Waals surface area (Å²) in [5.41, 5.74) is 10.5. The minimum Gasteiger partial charge on any atom is -0.488 e. The number of amides is 1. The van der Waals surface area contributed by atoms with Crippen molar-refractivity contribution in [2.45, 2.75) is 26.4 Å². The predicted molar refractivity (Wildman–Crippen MR) is 116 cm³/mol. The lowest BCUT2D eigenvalue weighted by Crippen LogP contribution is -2.19. The molecule has 3 N–H and O–H groups in total. The van der Waals surface area contributed by atoms with Crippen LogP contribution in [0.15, 0.2) is 35.4 Å². The number of hydrazone groups is 1. The zero-order chi connectivity index (χ0) is 20.3. The number of thiazole rings is 1. The molecule has 0 aliphatic carbocycles. The third-order valence-electron chi connectivity index (χ3n) is 3.61. The van der Waals surface area contributed by atoms with Gasteiger partial charge in [-0.05, 0) is 49.2 Å². The number of anilines is 1. The van der Waals surface area contributed by atoms with Crippen molar-refractivity contribution in [3.8, 4) is 5.75 Å². The molecule has 0 atom stereocenters. The molecule has 2 aromatic carbocycles. The second-order valence-corrected chi connectivity index (χ2v) is 8.18. The number of hydrogen-bond acceptors (Lipinski definition) is 6. The van der Waals surface area contributed by atoms with E-state index in [0.717, 1.165) is 15.8 Å². The molecule has 3 aromatic rings. The molecule has 1 amide bonds. The number of rotatable bonds is 6. The number of benzene rings is 2. The summed E-state index contributed by atoms with van der Waals surface area (Å²) in [4.78, 5) is 16.3. The van der Waals surface area contributed by atoms with Crippen LogP contribution < -0.4 is 15.9 Å². The second-order valence-electron chi connectivity index (χ2n) is 6.30. The number of carbonyl (C=O) groups is 1. The Labute approximate surface area is 176 Å². The van der Waals surface area contributed by atoms with E-state index in [1.54, 1.807) is 12.1 Å². The largest absolute Gasteiger partial charge is 0.488 e. The number of nitrogen functional groups attached to an aromatic ring is 1. The average Bonchev–Trinajstić information content (AvgIpc) is 2.97. The van der Waals surface area contributed by atoms with E-state index in [0.29, 0.717) is 26.5 Å². The number of ether oxygens (including phenoxy) is 1. The van der Waals surface area contributed by atoms with E-state index in [4.69, 9.17) is 33.7 Å². The first-order chi connectivity index (χ1) is 13.3. The van der Waals surface area contributed by atoms with Crippen molar-refractivity contribution in [3.63, 3.8) is 0 Å². The molecule has 0 fully saturated rings. The van der Waals surface area contributed by atoms with E-state index in [1.165, 1.54) is 17.6 Å². The van der Waals surface area contributed by atoms with Gasteiger partial charge in [0.05, 0.1) is 39.0 Å². The smallest absolute Gasteiger partial charge is 0.244 e. The lowest BCUT2D eigenvalue weighted by Gasteiger charge is -2.13. The van der Waals surface area contributed by atoms with Gasteiger partial charge in [-0.15, -0.1) is 0 Å². The van der Waals surface area contributed by atoms with Gasteiger partial charge < -0.3 is 10.5 Å². The number of fused-ring (bicyclic) bond motifs is 1. The Bertz CT molecular complexity index is 1030. The molecule has 0 unspecified atom stereocenters. The first kappa shape index (κ1) is 20.4. The van der Waals surface area contributed by atoms with Gasteiger partial charge in [0.2, 0.25) is 5.91 Å². The third kappa shape index (κ3) is 5.13. The van der Waals surface area contributed by atoms with Crippen LogP contribution in [-0.2, 0) is 11.2 Å². The Morgan fingerprint density at radius 3 is 2.71 bits per heavy atom. The Morgan fingerprint density at radius 1 is 1.32 bits per heavy atom. The van der Waals surface area contributed by atoms with Crippen LogP contribution in [-0.4, -0.2) is 23.2 Å². The van der Waals surface area contributed by atoms with Crippen molar-refractivity contribution in [1.29, 1.82) is 0 Å². The van der Waals surface area contributed by atoms with Crippen LogP contribution in [0, 0.1) is 0 Å². The first-order valence-corrected chi connectivity index (χ1v) is 10.0. The van der Waals surface area contributed by atoms with Crippen molar-refractivity contribution >= 4 is 62.0 Å². The van der Waals surface area contributed by atoms with Crippen LogP contribution in [0.25, 0.3) is 10.2 Å². The van der Waals surface area contributed by atoms with Gasteiger partial charge in [0.1, 0.15) is 0 Å². The van der Waals surface area contributed by atoms with E-state index < -0.39 is 0 Å². The number of nitrogens with two attached hydrogens (primary N) is 1. The summed E-state index contributed by atoms with van der Waals surface area (Å²) >= 11 is 13.8. The van der Waals surface area contributed by atoms with Crippen LogP contribution in [0.2, 0.25) is 10.0 Å². The standard InChI is InChI=1S/C19H18Cl2N4O2S/c1-10(2)27-18-13(20)5-12(6-14(18)21)9-23-25-17(26)8-11-3-4-15-16(7-11)28-19(22)24-15/h3-7,9-10H,8H2,1-2H3,(H2,22,24)(H,25,26)/b23-9-. The quantitative estimate of drug-likeness (QED) is 0.433. The fraction of sp³-hybridized carbons (Fsp3) is 0.211. The van der Waals surface area contributed by atoms with Crippen LogP contribution in [0.3, 0.4) is 0 Å². The van der Waals surface area contributed by atoms with E-state index in [1.807, 2.05) is 32.0 Å². The fourth-order valence-electron chi connectivity index (χ4n) is 2.50. The summed E-state index contributed by atoms with van der Waals surface area (Å²) in [7, 11) is 0. The molecule has 146 valence electrons. The van der Waals surface area contributed by atoms with Crippen molar-refractivity contribution in [1.82, 2.24) is 10.4 Å². The van der Waals surface area contributed by atoms with Gasteiger partial charge in [-0.25, -0.2) is 10.4 Å². The third-order valence-corrected chi connectivity index (χ3v) is 5.02. The number of halogens is 2. The summed E-state index contributed by atoms with van der Waals surface area (Å²) in [6.07, 6.45) is 1.62. The molecule has 1 heterocycles. The molecule has 0 aliphatic rings. The van der Waals surface area contributed by atoms with Crippen LogP contribution in [0.4, 0.5) is 5.13 Å². The van der Waals surface area contributed by atoms with Crippen molar-refractivity contribution in [2.24, 2.45) is 5.10 Å². The molecular weight excluding hydrogens is 419 g/mol. The summed E-state index contributed by atoms with van der Waals surface area (Å²) in [5.74, 6) is 0.184. The van der Waals surface area contributed by atoms with E-state index in [2.05, 4.69) is 15.5 Å². The summed E-state index contributed by atoms with van der Waals surface area (Å²) in [6, 6.07) is 8.93. The van der Waals surface area contributed by atoms with Crippen LogP contribution in [0.1, 0.15) is 25.0 Å². The molecule has 0 saturated carbocycles. The Balaban J connectivity index is 1.62. The van der Waals surface area contributed by atoms with E-state index in [9.17, 15) is 4.79 Å². The van der Waals surface area contributed by atoms with Gasteiger partial charge in [0.25, 0.3) is 0 Å². The normalized spacial score (nSPS) is 11.5. The summed E-state index contributed by atoms with van der Waals surface area (Å²) in [5, 5.41) is 5.23. The van der Waals surface area contributed by atoms with Crippen LogP contribution in [0.5, 0.6) is 5.75 Å². The van der Waals surface area contributed by atoms with Gasteiger partial charge in [0.15, 0.2) is 10.9 Å². The Kier molecular flexibility index (Phi) is 6.39. The molecule has 1 aromatic heterocycles. The topological polar surface area (TPSA) is 89.6 Å². The number of hydrogen-bond donors (Lipinski definition) is 2. The zero-order valence-corrected chi connectivity index (χ0v) is 17.5. The minimum absolute atomic E-state index is 0.0468. The zero-order valence-electron chi connectivity index (χ0n) is 15.2. The molecule has 28 heavy (non-hydrogen) atoms. The fourth-order valence-corrected chi connectivity index (χ4v) is 3.89. The number of nitrogens with one attached hydrogen (secondary N) is 1.